The molecule has 1 heterocycles. The second-order valence-electron chi connectivity index (χ2n) is 6.82. The summed E-state index contributed by atoms with van der Waals surface area (Å²) in [4.78, 5) is 28.5. The lowest BCUT2D eigenvalue weighted by Crippen LogP contribution is -2.53. The predicted molar refractivity (Wildman–Crippen MR) is 102 cm³/mol. The first-order chi connectivity index (χ1) is 13.0. The zero-order valence-electron chi connectivity index (χ0n) is 15.6. The first-order valence-electron chi connectivity index (χ1n) is 9.11. The third kappa shape index (κ3) is 4.45. The Morgan fingerprint density at radius 3 is 2.26 bits per heavy atom. The third-order valence-corrected chi connectivity index (χ3v) is 4.91. The number of rotatable bonds is 3. The van der Waals surface area contributed by atoms with Crippen molar-refractivity contribution in [2.75, 3.05) is 26.2 Å². The summed E-state index contributed by atoms with van der Waals surface area (Å²) in [6, 6.07) is 13.3. The van der Waals surface area contributed by atoms with Gasteiger partial charge >= 0.3 is 6.03 Å². The molecular formula is C21H24FN3O2. The smallest absolute Gasteiger partial charge is 0.317 e. The second-order valence-corrected chi connectivity index (χ2v) is 6.82. The minimum atomic E-state index is -0.283. The van der Waals surface area contributed by atoms with Gasteiger partial charge in [0.25, 0.3) is 5.91 Å². The lowest BCUT2D eigenvalue weighted by Gasteiger charge is -2.35. The van der Waals surface area contributed by atoms with Crippen LogP contribution >= 0.6 is 0 Å². The molecule has 0 unspecified atom stereocenters. The van der Waals surface area contributed by atoms with Crippen molar-refractivity contribution >= 4 is 11.9 Å². The molecule has 3 rings (SSSR count). The maximum absolute atomic E-state index is 13.3. The van der Waals surface area contributed by atoms with E-state index < -0.39 is 0 Å². The highest BCUT2D eigenvalue weighted by atomic mass is 19.1. The molecule has 1 aliphatic rings. The fourth-order valence-corrected chi connectivity index (χ4v) is 3.36. The number of benzene rings is 2. The summed E-state index contributed by atoms with van der Waals surface area (Å²) in [5, 5.41) is 2.96. The van der Waals surface area contributed by atoms with Crippen molar-refractivity contribution in [3.63, 3.8) is 0 Å². The number of nitrogens with one attached hydrogen (secondary N) is 1. The lowest BCUT2D eigenvalue weighted by atomic mass is 10.0. The van der Waals surface area contributed by atoms with Crippen LogP contribution in [0.5, 0.6) is 0 Å². The van der Waals surface area contributed by atoms with E-state index in [-0.39, 0.29) is 23.8 Å². The van der Waals surface area contributed by atoms with Gasteiger partial charge in [-0.3, -0.25) is 4.79 Å². The van der Waals surface area contributed by atoms with Gasteiger partial charge in [-0.05, 0) is 49.2 Å². The van der Waals surface area contributed by atoms with Gasteiger partial charge in [-0.25, -0.2) is 9.18 Å². The molecule has 1 fully saturated rings. The average Bonchev–Trinajstić information content (AvgIpc) is 2.68. The van der Waals surface area contributed by atoms with Crippen LogP contribution in [0, 0.1) is 12.7 Å². The van der Waals surface area contributed by atoms with Crippen LogP contribution in [0.2, 0.25) is 0 Å². The van der Waals surface area contributed by atoms with Gasteiger partial charge in [0.2, 0.25) is 0 Å². The first-order valence-corrected chi connectivity index (χ1v) is 9.11. The summed E-state index contributed by atoms with van der Waals surface area (Å²) in [7, 11) is 0. The standard InChI is InChI=1S/C21H24FN3O2/c1-15-14-18(22)8-9-19(15)16(2)23-21(27)25-12-10-24(11-13-25)20(26)17-6-4-3-5-7-17/h3-9,14,16H,10-13H2,1-2H3,(H,23,27)/t16-/m1/s1. The van der Waals surface area contributed by atoms with Crippen LogP contribution < -0.4 is 5.32 Å². The third-order valence-electron chi connectivity index (χ3n) is 4.91. The van der Waals surface area contributed by atoms with Crippen molar-refractivity contribution in [3.05, 3.63) is 71.0 Å². The highest BCUT2D eigenvalue weighted by Gasteiger charge is 2.25. The number of halogens is 1. The van der Waals surface area contributed by atoms with Crippen molar-refractivity contribution in [2.24, 2.45) is 0 Å². The predicted octanol–water partition coefficient (Wildman–Crippen LogP) is 3.36. The quantitative estimate of drug-likeness (QED) is 0.902. The SMILES string of the molecule is Cc1cc(F)ccc1[C@@H](C)NC(=O)N1CCN(C(=O)c2ccccc2)CC1. The van der Waals surface area contributed by atoms with E-state index >= 15 is 0 Å². The number of nitrogens with zero attached hydrogens (tertiary/aromatic N) is 2. The van der Waals surface area contributed by atoms with Gasteiger partial charge in [0.15, 0.2) is 0 Å². The van der Waals surface area contributed by atoms with Gasteiger partial charge < -0.3 is 15.1 Å². The van der Waals surface area contributed by atoms with E-state index in [1.807, 2.05) is 32.0 Å². The Hall–Kier alpha value is -2.89. The van der Waals surface area contributed by atoms with Crippen molar-refractivity contribution in [3.8, 4) is 0 Å². The molecule has 1 saturated heterocycles. The zero-order valence-corrected chi connectivity index (χ0v) is 15.6. The summed E-state index contributed by atoms with van der Waals surface area (Å²) in [6.45, 7) is 5.69. The molecule has 0 aromatic heterocycles. The largest absolute Gasteiger partial charge is 0.335 e. The van der Waals surface area contributed by atoms with E-state index in [9.17, 15) is 14.0 Å². The molecule has 0 bridgehead atoms. The van der Waals surface area contributed by atoms with E-state index in [0.717, 1.165) is 11.1 Å². The first kappa shape index (κ1) is 18.9. The van der Waals surface area contributed by atoms with E-state index in [1.54, 1.807) is 28.0 Å². The summed E-state index contributed by atoms with van der Waals surface area (Å²) in [5.74, 6) is -0.292. The number of piperazine rings is 1. The summed E-state index contributed by atoms with van der Waals surface area (Å²) in [6.07, 6.45) is 0. The maximum Gasteiger partial charge on any atom is 0.317 e. The topological polar surface area (TPSA) is 52.7 Å². The fraction of sp³-hybridized carbons (Fsp3) is 0.333. The molecule has 142 valence electrons. The molecule has 6 heteroatoms. The molecular weight excluding hydrogens is 345 g/mol. The van der Waals surface area contributed by atoms with Crippen LogP contribution in [0.25, 0.3) is 0 Å². The van der Waals surface area contributed by atoms with E-state index in [4.69, 9.17) is 0 Å². The minimum Gasteiger partial charge on any atom is -0.335 e. The molecule has 3 amide bonds. The summed E-state index contributed by atoms with van der Waals surface area (Å²) in [5.41, 5.74) is 2.36. The molecule has 5 nitrogen and oxygen atoms in total. The number of carbonyl (C=O) groups is 2. The zero-order chi connectivity index (χ0) is 19.4. The average molecular weight is 369 g/mol. The van der Waals surface area contributed by atoms with E-state index in [0.29, 0.717) is 31.7 Å². The van der Waals surface area contributed by atoms with Crippen molar-refractivity contribution < 1.29 is 14.0 Å². The molecule has 27 heavy (non-hydrogen) atoms. The fourth-order valence-electron chi connectivity index (χ4n) is 3.36. The number of amides is 3. The van der Waals surface area contributed by atoms with Gasteiger partial charge in [0.1, 0.15) is 5.82 Å². The van der Waals surface area contributed by atoms with E-state index in [2.05, 4.69) is 5.32 Å². The van der Waals surface area contributed by atoms with Crippen LogP contribution in [0.15, 0.2) is 48.5 Å². The van der Waals surface area contributed by atoms with Gasteiger partial charge in [-0.2, -0.15) is 0 Å². The Kier molecular flexibility index (Phi) is 5.74. The van der Waals surface area contributed by atoms with Crippen LogP contribution in [0.3, 0.4) is 0 Å². The van der Waals surface area contributed by atoms with Crippen molar-refractivity contribution in [1.82, 2.24) is 15.1 Å². The number of aryl methyl sites for hydroxylation is 1. The van der Waals surface area contributed by atoms with Crippen LogP contribution in [-0.2, 0) is 0 Å². The van der Waals surface area contributed by atoms with Crippen LogP contribution in [0.1, 0.15) is 34.5 Å². The molecule has 1 aliphatic heterocycles. The van der Waals surface area contributed by atoms with Crippen molar-refractivity contribution in [1.29, 1.82) is 0 Å². The Morgan fingerprint density at radius 2 is 1.63 bits per heavy atom. The van der Waals surface area contributed by atoms with Gasteiger partial charge in [-0.15, -0.1) is 0 Å². The lowest BCUT2D eigenvalue weighted by molar-refractivity contribution is 0.0663. The number of urea groups is 1. The van der Waals surface area contributed by atoms with Crippen molar-refractivity contribution in [2.45, 2.75) is 19.9 Å². The number of hydrogen-bond acceptors (Lipinski definition) is 2. The monoisotopic (exact) mass is 369 g/mol. The Morgan fingerprint density at radius 1 is 1.00 bits per heavy atom. The Labute approximate surface area is 158 Å². The summed E-state index contributed by atoms with van der Waals surface area (Å²) < 4.78 is 13.3. The Bertz CT molecular complexity index is 817. The molecule has 0 saturated carbocycles. The molecule has 0 radical (unpaired) electrons. The van der Waals surface area contributed by atoms with Crippen LogP contribution in [0.4, 0.5) is 9.18 Å². The van der Waals surface area contributed by atoms with Gasteiger partial charge in [-0.1, -0.05) is 24.3 Å². The van der Waals surface area contributed by atoms with Crippen LogP contribution in [-0.4, -0.2) is 47.9 Å². The van der Waals surface area contributed by atoms with Gasteiger partial charge in [0, 0.05) is 31.7 Å². The molecule has 0 spiro atoms. The Balaban J connectivity index is 1.54. The van der Waals surface area contributed by atoms with E-state index in [1.165, 1.54) is 12.1 Å². The highest BCUT2D eigenvalue weighted by Crippen LogP contribution is 2.19. The molecule has 2 aromatic carbocycles. The maximum atomic E-state index is 13.3. The highest BCUT2D eigenvalue weighted by molar-refractivity contribution is 5.94. The minimum absolute atomic E-state index is 0.00837. The number of hydrogen-bond donors (Lipinski definition) is 1. The normalized spacial score (nSPS) is 15.4. The second kappa shape index (κ2) is 8.20. The molecule has 2 aromatic rings. The van der Waals surface area contributed by atoms with Gasteiger partial charge in [0.05, 0.1) is 6.04 Å². The molecule has 1 N–H and O–H groups in total. The molecule has 1 atom stereocenters. The molecule has 0 aliphatic carbocycles. The summed E-state index contributed by atoms with van der Waals surface area (Å²) >= 11 is 0. The number of carbonyl (C=O) groups excluding carboxylic acids is 2.